The zero-order valence-electron chi connectivity index (χ0n) is 11.3. The summed E-state index contributed by atoms with van der Waals surface area (Å²) < 4.78 is 4.70. The number of carbonyl (C=O) groups is 3. The Morgan fingerprint density at radius 2 is 2.00 bits per heavy atom. The summed E-state index contributed by atoms with van der Waals surface area (Å²) in [5.41, 5.74) is 0. The second-order valence-corrected chi connectivity index (χ2v) is 5.35. The molecule has 2 aliphatic rings. The number of imide groups is 1. The van der Waals surface area contributed by atoms with Gasteiger partial charge in [-0.1, -0.05) is 0 Å². The van der Waals surface area contributed by atoms with Gasteiger partial charge in [-0.2, -0.15) is 0 Å². The highest BCUT2D eigenvalue weighted by Crippen LogP contribution is 2.28. The van der Waals surface area contributed by atoms with Crippen LogP contribution in [0.5, 0.6) is 0 Å². The number of hydrogen-bond donors (Lipinski definition) is 2. The second kappa shape index (κ2) is 6.69. The molecule has 0 radical (unpaired) electrons. The highest BCUT2D eigenvalue weighted by molar-refractivity contribution is 5.93. The molecule has 1 heterocycles. The van der Waals surface area contributed by atoms with Crippen molar-refractivity contribution >= 4 is 18.0 Å². The standard InChI is InChI=1S/C13H20N2O5/c16-11(15-5-6-20-13(15)19)8-14-7-9-1-3-10(4-2-9)12(17)18/h9-10,14H,1-8H2,(H,17,18). The first-order valence-electron chi connectivity index (χ1n) is 6.98. The van der Waals surface area contributed by atoms with Crippen LogP contribution in [0.15, 0.2) is 0 Å². The summed E-state index contributed by atoms with van der Waals surface area (Å²) in [6.07, 6.45) is 2.56. The third-order valence-corrected chi connectivity index (χ3v) is 3.97. The molecule has 1 aliphatic carbocycles. The summed E-state index contributed by atoms with van der Waals surface area (Å²) in [6.45, 7) is 1.39. The number of amides is 2. The van der Waals surface area contributed by atoms with Crippen LogP contribution in [-0.2, 0) is 14.3 Å². The van der Waals surface area contributed by atoms with Gasteiger partial charge in [0.2, 0.25) is 5.91 Å². The van der Waals surface area contributed by atoms with Gasteiger partial charge < -0.3 is 15.2 Å². The number of aliphatic carboxylic acids is 1. The lowest BCUT2D eigenvalue weighted by Crippen LogP contribution is -2.40. The number of rotatable bonds is 5. The van der Waals surface area contributed by atoms with Crippen LogP contribution in [0.2, 0.25) is 0 Å². The van der Waals surface area contributed by atoms with Crippen molar-refractivity contribution < 1.29 is 24.2 Å². The van der Waals surface area contributed by atoms with Crippen LogP contribution in [0.25, 0.3) is 0 Å². The third-order valence-electron chi connectivity index (χ3n) is 3.97. The first-order valence-corrected chi connectivity index (χ1v) is 6.98. The van der Waals surface area contributed by atoms with Gasteiger partial charge in [0.1, 0.15) is 6.61 Å². The number of ether oxygens (including phenoxy) is 1. The summed E-state index contributed by atoms with van der Waals surface area (Å²) in [4.78, 5) is 34.8. The molecule has 20 heavy (non-hydrogen) atoms. The Morgan fingerprint density at radius 3 is 2.55 bits per heavy atom. The molecule has 1 aliphatic heterocycles. The Balaban J connectivity index is 1.63. The summed E-state index contributed by atoms with van der Waals surface area (Å²) in [7, 11) is 0. The van der Waals surface area contributed by atoms with E-state index >= 15 is 0 Å². The van der Waals surface area contributed by atoms with E-state index in [-0.39, 0.29) is 25.0 Å². The van der Waals surface area contributed by atoms with Crippen LogP contribution < -0.4 is 5.32 Å². The fourth-order valence-corrected chi connectivity index (χ4v) is 2.71. The number of carboxylic acid groups (broad SMARTS) is 1. The monoisotopic (exact) mass is 284 g/mol. The van der Waals surface area contributed by atoms with Crippen molar-refractivity contribution in [1.29, 1.82) is 0 Å². The van der Waals surface area contributed by atoms with Crippen molar-refractivity contribution in [3.05, 3.63) is 0 Å². The van der Waals surface area contributed by atoms with Gasteiger partial charge in [-0.25, -0.2) is 9.69 Å². The zero-order chi connectivity index (χ0) is 14.5. The van der Waals surface area contributed by atoms with E-state index < -0.39 is 12.1 Å². The maximum Gasteiger partial charge on any atom is 0.416 e. The molecule has 0 aromatic rings. The van der Waals surface area contributed by atoms with E-state index in [4.69, 9.17) is 9.84 Å². The van der Waals surface area contributed by atoms with Crippen molar-refractivity contribution in [3.8, 4) is 0 Å². The first kappa shape index (κ1) is 14.8. The Hall–Kier alpha value is -1.63. The molecule has 7 heteroatoms. The molecule has 0 aromatic carbocycles. The molecule has 112 valence electrons. The van der Waals surface area contributed by atoms with E-state index in [1.54, 1.807) is 0 Å². The second-order valence-electron chi connectivity index (χ2n) is 5.35. The van der Waals surface area contributed by atoms with Crippen LogP contribution in [0.4, 0.5) is 4.79 Å². The number of cyclic esters (lactones) is 1. The van der Waals surface area contributed by atoms with E-state index in [1.807, 2.05) is 0 Å². The van der Waals surface area contributed by atoms with Crippen LogP contribution in [0, 0.1) is 11.8 Å². The lowest BCUT2D eigenvalue weighted by molar-refractivity contribution is -0.143. The van der Waals surface area contributed by atoms with Gasteiger partial charge in [-0.3, -0.25) is 9.59 Å². The minimum Gasteiger partial charge on any atom is -0.481 e. The Kier molecular flexibility index (Phi) is 4.94. The molecule has 0 unspecified atom stereocenters. The topological polar surface area (TPSA) is 95.9 Å². The highest BCUT2D eigenvalue weighted by Gasteiger charge is 2.29. The number of nitrogens with zero attached hydrogens (tertiary/aromatic N) is 1. The van der Waals surface area contributed by atoms with Gasteiger partial charge in [0.05, 0.1) is 19.0 Å². The Bertz CT molecular complexity index is 390. The molecule has 0 spiro atoms. The predicted molar refractivity (Wildman–Crippen MR) is 69.0 cm³/mol. The molecule has 2 rings (SSSR count). The van der Waals surface area contributed by atoms with E-state index in [1.165, 1.54) is 0 Å². The maximum atomic E-state index is 11.7. The quantitative estimate of drug-likeness (QED) is 0.761. The summed E-state index contributed by atoms with van der Waals surface area (Å²) >= 11 is 0. The van der Waals surface area contributed by atoms with E-state index in [9.17, 15) is 14.4 Å². The maximum absolute atomic E-state index is 11.7. The van der Waals surface area contributed by atoms with Crippen molar-refractivity contribution in [3.63, 3.8) is 0 Å². The lowest BCUT2D eigenvalue weighted by atomic mass is 9.82. The Labute approximate surface area is 117 Å². The van der Waals surface area contributed by atoms with Gasteiger partial charge in [-0.05, 0) is 38.1 Å². The van der Waals surface area contributed by atoms with Crippen molar-refractivity contribution in [1.82, 2.24) is 10.2 Å². The molecule has 1 saturated carbocycles. The van der Waals surface area contributed by atoms with E-state index in [0.29, 0.717) is 31.8 Å². The summed E-state index contributed by atoms with van der Waals surface area (Å²) in [5.74, 6) is -0.790. The minimum absolute atomic E-state index is 0.119. The van der Waals surface area contributed by atoms with Crippen LogP contribution in [0.3, 0.4) is 0 Å². The number of carboxylic acids is 1. The zero-order valence-corrected chi connectivity index (χ0v) is 11.3. The predicted octanol–water partition coefficient (Wildman–Crippen LogP) is 0.446. The average molecular weight is 284 g/mol. The summed E-state index contributed by atoms with van der Waals surface area (Å²) in [6, 6.07) is 0. The normalized spacial score (nSPS) is 26.4. The molecule has 0 aromatic heterocycles. The first-order chi connectivity index (χ1) is 9.58. The number of carbonyl (C=O) groups excluding carboxylic acids is 2. The molecule has 7 nitrogen and oxygen atoms in total. The van der Waals surface area contributed by atoms with Gasteiger partial charge in [0, 0.05) is 0 Å². The SMILES string of the molecule is O=C(O)C1CCC(CNCC(=O)N2CCOC2=O)CC1. The van der Waals surface area contributed by atoms with E-state index in [0.717, 1.165) is 17.7 Å². The molecular weight excluding hydrogens is 264 g/mol. The average Bonchev–Trinajstić information content (AvgIpc) is 2.85. The number of hydrogen-bond acceptors (Lipinski definition) is 5. The van der Waals surface area contributed by atoms with Crippen LogP contribution in [0.1, 0.15) is 25.7 Å². The van der Waals surface area contributed by atoms with Gasteiger partial charge >= 0.3 is 12.1 Å². The van der Waals surface area contributed by atoms with Gasteiger partial charge in [0.15, 0.2) is 0 Å². The fourth-order valence-electron chi connectivity index (χ4n) is 2.71. The molecule has 2 amide bonds. The van der Waals surface area contributed by atoms with Gasteiger partial charge in [-0.15, -0.1) is 0 Å². The molecule has 0 bridgehead atoms. The van der Waals surface area contributed by atoms with Gasteiger partial charge in [0.25, 0.3) is 0 Å². The van der Waals surface area contributed by atoms with Crippen LogP contribution in [-0.4, -0.2) is 54.2 Å². The van der Waals surface area contributed by atoms with Crippen molar-refractivity contribution in [2.24, 2.45) is 11.8 Å². The molecule has 2 N–H and O–H groups in total. The Morgan fingerprint density at radius 1 is 1.30 bits per heavy atom. The largest absolute Gasteiger partial charge is 0.481 e. The van der Waals surface area contributed by atoms with Crippen LogP contribution >= 0.6 is 0 Å². The highest BCUT2D eigenvalue weighted by atomic mass is 16.6. The summed E-state index contributed by atoms with van der Waals surface area (Å²) in [5, 5.41) is 12.0. The third kappa shape index (κ3) is 3.69. The van der Waals surface area contributed by atoms with E-state index in [2.05, 4.69) is 5.32 Å². The molecule has 2 fully saturated rings. The van der Waals surface area contributed by atoms with Crippen molar-refractivity contribution in [2.75, 3.05) is 26.2 Å². The fraction of sp³-hybridized carbons (Fsp3) is 0.769. The molecule has 0 atom stereocenters. The minimum atomic E-state index is -0.709. The molecule has 1 saturated heterocycles. The lowest BCUT2D eigenvalue weighted by Gasteiger charge is -2.26. The smallest absolute Gasteiger partial charge is 0.416 e. The van der Waals surface area contributed by atoms with Crippen molar-refractivity contribution in [2.45, 2.75) is 25.7 Å². The number of nitrogens with one attached hydrogen (secondary N) is 1. The molecular formula is C13H20N2O5.